The molecule has 3 nitrogen and oxygen atoms in total. The fraction of sp³-hybridized carbons (Fsp3) is 0.400. The molecule has 3 aliphatic rings. The molecular weight excluding hydrogens is 785 g/mol. The first kappa shape index (κ1) is 36.5. The van der Waals surface area contributed by atoms with Crippen molar-refractivity contribution in [3.63, 3.8) is 0 Å². The van der Waals surface area contributed by atoms with Gasteiger partial charge in [-0.2, -0.15) is 0 Å². The molecule has 5 aromatic rings. The van der Waals surface area contributed by atoms with Gasteiger partial charge in [0.05, 0.1) is 0 Å². The number of hydrogen-bond donors (Lipinski definition) is 0. The van der Waals surface area contributed by atoms with Gasteiger partial charge in [0.2, 0.25) is 0 Å². The molecule has 0 saturated heterocycles. The summed E-state index contributed by atoms with van der Waals surface area (Å²) in [7, 11) is 13.8. The van der Waals surface area contributed by atoms with E-state index in [1.54, 1.807) is 0 Å². The zero-order valence-electron chi connectivity index (χ0n) is 30.4. The normalized spacial score (nSPS) is 19.5. The number of rotatable bonds is 8. The molecule has 0 spiro atoms. The van der Waals surface area contributed by atoms with Crippen LogP contribution in [-0.2, 0) is 10.2 Å². The second-order valence-electron chi connectivity index (χ2n) is 15.5. The molecule has 7 heteroatoms. The summed E-state index contributed by atoms with van der Waals surface area (Å²) in [5.74, 6) is 0.902. The Balaban J connectivity index is 1.70. The van der Waals surface area contributed by atoms with Gasteiger partial charge in [0.15, 0.2) is 0 Å². The Morgan fingerprint density at radius 2 is 0.923 bits per heavy atom. The van der Waals surface area contributed by atoms with Gasteiger partial charge >= 0.3 is 321 Å². The van der Waals surface area contributed by atoms with Gasteiger partial charge in [-0.3, -0.25) is 0 Å². The van der Waals surface area contributed by atoms with E-state index in [9.17, 15) is 19.4 Å². The van der Waals surface area contributed by atoms with Gasteiger partial charge in [0, 0.05) is 0 Å². The standard InChI is InChI=1S/C20H15N3.C18H33P.C7H6.2ClH.Ru/c1-4-10-17(11-5-1)20-21-23(19-14-8-3-9-15-19)16-22(20)18-12-6-2-7-13-18;1-4-10-16(11-5-1)19(17-12-6-2-7-13-17)18-14-8-3-9-15-18;1-7-5-3-2-4-6-7;;;/h1-15H;16-18H,1-15H2;1-6H;2*1H;/q;;;;;+1/p-1. The second-order valence-corrected chi connectivity index (χ2v) is 43.4. The van der Waals surface area contributed by atoms with Crippen molar-refractivity contribution in [3.05, 3.63) is 131 Å². The van der Waals surface area contributed by atoms with Crippen LogP contribution >= 0.6 is 25.0 Å². The van der Waals surface area contributed by atoms with Gasteiger partial charge in [0.25, 0.3) is 0 Å². The van der Waals surface area contributed by atoms with Crippen molar-refractivity contribution in [2.75, 3.05) is 0 Å². The van der Waals surface area contributed by atoms with Crippen LogP contribution in [0.5, 0.6) is 0 Å². The fourth-order valence-corrected chi connectivity index (χ4v) is 57.1. The number of nitrogens with zero attached hydrogens (tertiary/aromatic N) is 3. The molecule has 52 heavy (non-hydrogen) atoms. The first-order chi connectivity index (χ1) is 25.5. The molecule has 0 amide bonds. The van der Waals surface area contributed by atoms with Crippen molar-refractivity contribution in [2.45, 2.75) is 113 Å². The van der Waals surface area contributed by atoms with Crippen LogP contribution in [0.4, 0.5) is 0 Å². The molecule has 3 saturated carbocycles. The Bertz CT molecular complexity index is 2080. The van der Waals surface area contributed by atoms with Crippen LogP contribution in [0.25, 0.3) is 22.8 Å². The molecule has 8 rings (SSSR count). The second kappa shape index (κ2) is 15.7. The van der Waals surface area contributed by atoms with E-state index in [2.05, 4.69) is 135 Å². The molecule has 0 N–H and O–H groups in total. The zero-order chi connectivity index (χ0) is 35.5. The molecule has 1 aromatic heterocycles. The van der Waals surface area contributed by atoms with Gasteiger partial charge in [-0.1, -0.05) is 0 Å². The Hall–Kier alpha value is -2.48. The summed E-state index contributed by atoms with van der Waals surface area (Å²) >= 11 is 0. The first-order valence-corrected chi connectivity index (χ1v) is 30.9. The van der Waals surface area contributed by atoms with Gasteiger partial charge in [-0.15, -0.1) is 0 Å². The minimum absolute atomic E-state index is 0.594. The third kappa shape index (κ3) is 6.53. The number of benzene rings is 4. The monoisotopic (exact) mass is 840 g/mol. The first-order valence-electron chi connectivity index (χ1n) is 19.9. The predicted molar refractivity (Wildman–Crippen MR) is 224 cm³/mol. The van der Waals surface area contributed by atoms with Crippen LogP contribution in [0, 0.1) is 4.01 Å². The number of para-hydroxylation sites is 2. The molecular formula is C45H55Cl2N3PRu. The predicted octanol–water partition coefficient (Wildman–Crippen LogP) is 13.4. The van der Waals surface area contributed by atoms with E-state index >= 15 is 0 Å². The van der Waals surface area contributed by atoms with Crippen molar-refractivity contribution in [1.29, 1.82) is 0 Å². The summed E-state index contributed by atoms with van der Waals surface area (Å²) in [6.45, 7) is 0. The quantitative estimate of drug-likeness (QED) is 0.113. The molecule has 0 unspecified atom stereocenters. The minimum atomic E-state index is -5.07. The van der Waals surface area contributed by atoms with E-state index in [1.165, 1.54) is 102 Å². The number of aromatic nitrogens is 3. The average Bonchev–Trinajstić information content (AvgIpc) is 3.63. The maximum atomic E-state index is 9.46. The van der Waals surface area contributed by atoms with Crippen molar-refractivity contribution in [1.82, 2.24) is 14.3 Å². The van der Waals surface area contributed by atoms with Crippen LogP contribution in [-0.4, -0.2) is 35.9 Å². The van der Waals surface area contributed by atoms with Crippen LogP contribution in [0.15, 0.2) is 121 Å². The van der Waals surface area contributed by atoms with Crippen molar-refractivity contribution < 1.29 is 10.2 Å². The molecule has 0 radical (unpaired) electrons. The molecule has 3 fully saturated rings. The van der Waals surface area contributed by atoms with Gasteiger partial charge in [-0.05, 0) is 0 Å². The van der Waals surface area contributed by atoms with E-state index < -0.39 is 15.8 Å². The van der Waals surface area contributed by atoms with Crippen LogP contribution in [0.3, 0.4) is 0 Å². The van der Waals surface area contributed by atoms with Crippen LogP contribution < -0.4 is 0 Å². The zero-order valence-corrected chi connectivity index (χ0v) is 34.7. The summed E-state index contributed by atoms with van der Waals surface area (Å²) in [6, 6.07) is 43.4. The third-order valence-electron chi connectivity index (χ3n) is 12.4. The van der Waals surface area contributed by atoms with Gasteiger partial charge < -0.3 is 0 Å². The van der Waals surface area contributed by atoms with Crippen LogP contribution in [0.2, 0.25) is 0 Å². The van der Waals surface area contributed by atoms with E-state index in [0.29, 0.717) is 17.0 Å². The van der Waals surface area contributed by atoms with E-state index in [-0.39, 0.29) is 0 Å². The van der Waals surface area contributed by atoms with Crippen LogP contribution in [0.1, 0.15) is 102 Å². The summed E-state index contributed by atoms with van der Waals surface area (Å²) in [6.07, 6.45) is 19.4. The average molecular weight is 841 g/mol. The van der Waals surface area contributed by atoms with E-state index in [0.717, 1.165) is 26.8 Å². The Kier molecular flexibility index (Phi) is 11.0. The summed E-state index contributed by atoms with van der Waals surface area (Å²) in [4.78, 5) is 0. The molecule has 0 atom stereocenters. The fourth-order valence-electron chi connectivity index (χ4n) is 10.4. The maximum absolute atomic E-state index is 9.46. The molecule has 1 heterocycles. The van der Waals surface area contributed by atoms with Crippen molar-refractivity contribution in [2.24, 2.45) is 0 Å². The molecule has 3 aliphatic carbocycles. The SMILES string of the molecule is [Cl][Ru]([Cl])(=[CH]c1ccccc1)(=[c]1n(-c2ccccc2)nc(-c2ccccc2)n1-c1ccccc1)[PH](C1CCCCC1)(C1CCCCC1)C1CCCCC1. The molecule has 0 bridgehead atoms. The third-order valence-corrected chi connectivity index (χ3v) is 49.4. The van der Waals surface area contributed by atoms with E-state index in [1.807, 2.05) is 0 Å². The van der Waals surface area contributed by atoms with Crippen molar-refractivity contribution >= 4 is 29.6 Å². The molecule has 4 aromatic carbocycles. The number of halogens is 2. The molecule has 0 aliphatic heterocycles. The van der Waals surface area contributed by atoms with E-state index in [4.69, 9.17) is 5.10 Å². The molecule has 277 valence electrons. The topological polar surface area (TPSA) is 22.8 Å². The number of hydrogen-bond acceptors (Lipinski definition) is 1. The Morgan fingerprint density at radius 1 is 0.519 bits per heavy atom. The van der Waals surface area contributed by atoms with Crippen molar-refractivity contribution in [3.8, 4) is 22.8 Å². The summed E-state index contributed by atoms with van der Waals surface area (Å²) < 4.78 is 8.31. The summed E-state index contributed by atoms with van der Waals surface area (Å²) in [5, 5.41) is 5.69. The Morgan fingerprint density at radius 3 is 1.38 bits per heavy atom. The van der Waals surface area contributed by atoms with Gasteiger partial charge in [0.1, 0.15) is 0 Å². The Labute approximate surface area is 319 Å². The summed E-state index contributed by atoms with van der Waals surface area (Å²) in [5.41, 5.74) is 3.38. The van der Waals surface area contributed by atoms with Gasteiger partial charge in [-0.25, -0.2) is 0 Å².